The van der Waals surface area contributed by atoms with E-state index in [0.29, 0.717) is 12.2 Å². The smallest absolute Gasteiger partial charge is 0.358 e. The van der Waals surface area contributed by atoms with Gasteiger partial charge in [0.2, 0.25) is 0 Å². The van der Waals surface area contributed by atoms with E-state index in [1.54, 1.807) is 6.92 Å². The van der Waals surface area contributed by atoms with Crippen LogP contribution in [0.3, 0.4) is 0 Å². The summed E-state index contributed by atoms with van der Waals surface area (Å²) in [5.41, 5.74) is -0.0995. The summed E-state index contributed by atoms with van der Waals surface area (Å²) in [7, 11) is 0. The van der Waals surface area contributed by atoms with Gasteiger partial charge < -0.3 is 9.52 Å². The van der Waals surface area contributed by atoms with Crippen LogP contribution in [0.25, 0.3) is 0 Å². The van der Waals surface area contributed by atoms with Gasteiger partial charge in [-0.15, -0.1) is 0 Å². The summed E-state index contributed by atoms with van der Waals surface area (Å²) < 4.78 is 4.80. The summed E-state index contributed by atoms with van der Waals surface area (Å²) >= 11 is 5.35. The van der Waals surface area contributed by atoms with Gasteiger partial charge in [0, 0.05) is 6.42 Å². The molecule has 0 aliphatic carbocycles. The first-order chi connectivity index (χ1) is 5.15. The molecule has 0 aliphatic rings. The van der Waals surface area contributed by atoms with Crippen molar-refractivity contribution in [1.29, 1.82) is 0 Å². The Kier molecular flexibility index (Phi) is 2.14. The second-order valence-electron chi connectivity index (χ2n) is 1.90. The third kappa shape index (κ3) is 1.51. The number of aromatic nitrogens is 1. The van der Waals surface area contributed by atoms with Gasteiger partial charge in [-0.3, -0.25) is 0 Å². The average Bonchev–Trinajstić information content (AvgIpc) is 2.30. The van der Waals surface area contributed by atoms with E-state index in [4.69, 9.17) is 21.1 Å². The minimum atomic E-state index is -1.11. The Balaban J connectivity index is 3.12. The Labute approximate surface area is 67.8 Å². The molecule has 1 aromatic heterocycles. The molecule has 0 saturated heterocycles. The Morgan fingerprint density at radius 1 is 1.82 bits per heavy atom. The molecule has 0 saturated carbocycles. The molecular weight excluding hydrogens is 170 g/mol. The van der Waals surface area contributed by atoms with Crippen molar-refractivity contribution < 1.29 is 14.3 Å². The zero-order valence-corrected chi connectivity index (χ0v) is 6.55. The highest BCUT2D eigenvalue weighted by atomic mass is 35.5. The van der Waals surface area contributed by atoms with Gasteiger partial charge in [0.15, 0.2) is 5.69 Å². The molecule has 4 nitrogen and oxygen atoms in total. The SMILES string of the molecule is CCc1oc(Cl)nc1C(=O)O. The van der Waals surface area contributed by atoms with Gasteiger partial charge in [-0.2, -0.15) is 4.98 Å². The Morgan fingerprint density at radius 2 is 2.45 bits per heavy atom. The molecule has 0 spiro atoms. The minimum Gasteiger partial charge on any atom is -0.476 e. The standard InChI is InChI=1S/C6H6ClNO3/c1-2-3-4(5(9)10)8-6(7)11-3/h2H2,1H3,(H,9,10). The van der Waals surface area contributed by atoms with Gasteiger partial charge >= 0.3 is 5.97 Å². The summed E-state index contributed by atoms with van der Waals surface area (Å²) in [6, 6.07) is 0. The molecule has 60 valence electrons. The molecule has 1 rings (SSSR count). The lowest BCUT2D eigenvalue weighted by Crippen LogP contribution is -1.99. The number of carboxylic acid groups (broad SMARTS) is 1. The Hall–Kier alpha value is -1.03. The zero-order valence-electron chi connectivity index (χ0n) is 5.80. The molecule has 1 heterocycles. The Morgan fingerprint density at radius 3 is 2.82 bits per heavy atom. The van der Waals surface area contributed by atoms with Gasteiger partial charge in [-0.25, -0.2) is 4.79 Å². The van der Waals surface area contributed by atoms with Crippen molar-refractivity contribution in [3.05, 3.63) is 16.8 Å². The third-order valence-electron chi connectivity index (χ3n) is 1.19. The van der Waals surface area contributed by atoms with Crippen LogP contribution >= 0.6 is 11.6 Å². The van der Waals surface area contributed by atoms with E-state index < -0.39 is 5.97 Å². The van der Waals surface area contributed by atoms with Crippen molar-refractivity contribution in [2.75, 3.05) is 0 Å². The fourth-order valence-electron chi connectivity index (χ4n) is 0.730. The first kappa shape index (κ1) is 8.07. The monoisotopic (exact) mass is 175 g/mol. The van der Waals surface area contributed by atoms with Crippen molar-refractivity contribution in [2.24, 2.45) is 0 Å². The van der Waals surface area contributed by atoms with Gasteiger partial charge in [0.05, 0.1) is 0 Å². The van der Waals surface area contributed by atoms with Crippen LogP contribution in [0.1, 0.15) is 23.2 Å². The fourth-order valence-corrected chi connectivity index (χ4v) is 0.907. The molecule has 0 unspecified atom stereocenters. The van der Waals surface area contributed by atoms with E-state index in [9.17, 15) is 4.79 Å². The highest BCUT2D eigenvalue weighted by Gasteiger charge is 2.16. The first-order valence-electron chi connectivity index (χ1n) is 3.03. The van der Waals surface area contributed by atoms with Crippen LogP contribution in [0.2, 0.25) is 5.35 Å². The van der Waals surface area contributed by atoms with Crippen LogP contribution in [0.15, 0.2) is 4.42 Å². The number of aryl methyl sites for hydroxylation is 1. The maximum atomic E-state index is 10.4. The number of carbonyl (C=O) groups is 1. The van der Waals surface area contributed by atoms with Gasteiger partial charge in [0.1, 0.15) is 5.76 Å². The van der Waals surface area contributed by atoms with Crippen LogP contribution in [0, 0.1) is 0 Å². The molecule has 0 bridgehead atoms. The highest BCUT2D eigenvalue weighted by Crippen LogP contribution is 2.15. The summed E-state index contributed by atoms with van der Waals surface area (Å²) in [5.74, 6) is -0.806. The third-order valence-corrected chi connectivity index (χ3v) is 1.36. The molecule has 11 heavy (non-hydrogen) atoms. The number of oxazole rings is 1. The van der Waals surface area contributed by atoms with E-state index >= 15 is 0 Å². The zero-order chi connectivity index (χ0) is 8.43. The quantitative estimate of drug-likeness (QED) is 0.742. The van der Waals surface area contributed by atoms with Crippen LogP contribution in [0.5, 0.6) is 0 Å². The van der Waals surface area contributed by atoms with E-state index in [1.165, 1.54) is 0 Å². The molecule has 0 amide bonds. The summed E-state index contributed by atoms with van der Waals surface area (Å²) in [4.78, 5) is 13.9. The lowest BCUT2D eigenvalue weighted by molar-refractivity contribution is 0.0689. The van der Waals surface area contributed by atoms with E-state index in [0.717, 1.165) is 0 Å². The number of rotatable bonds is 2. The second-order valence-corrected chi connectivity index (χ2v) is 2.22. The number of carboxylic acids is 1. The summed E-state index contributed by atoms with van der Waals surface area (Å²) in [6.45, 7) is 1.77. The molecule has 0 atom stereocenters. The number of halogens is 1. The number of aromatic carboxylic acids is 1. The topological polar surface area (TPSA) is 63.3 Å². The van der Waals surface area contributed by atoms with Crippen molar-refractivity contribution in [1.82, 2.24) is 4.98 Å². The lowest BCUT2D eigenvalue weighted by atomic mass is 10.3. The second kappa shape index (κ2) is 2.92. The molecule has 0 aromatic carbocycles. The van der Waals surface area contributed by atoms with E-state index in [2.05, 4.69) is 4.98 Å². The molecule has 0 radical (unpaired) electrons. The number of hydrogen-bond donors (Lipinski definition) is 1. The van der Waals surface area contributed by atoms with Crippen molar-refractivity contribution >= 4 is 17.6 Å². The van der Waals surface area contributed by atoms with Crippen LogP contribution < -0.4 is 0 Å². The average molecular weight is 176 g/mol. The first-order valence-corrected chi connectivity index (χ1v) is 3.41. The molecule has 1 aromatic rings. The van der Waals surface area contributed by atoms with Crippen molar-refractivity contribution in [3.63, 3.8) is 0 Å². The van der Waals surface area contributed by atoms with Crippen LogP contribution in [-0.4, -0.2) is 16.1 Å². The predicted octanol–water partition coefficient (Wildman–Crippen LogP) is 1.59. The largest absolute Gasteiger partial charge is 0.476 e. The maximum absolute atomic E-state index is 10.4. The predicted molar refractivity (Wildman–Crippen MR) is 37.9 cm³/mol. The number of nitrogens with zero attached hydrogens (tertiary/aromatic N) is 1. The minimum absolute atomic E-state index is 0.0995. The molecule has 1 N–H and O–H groups in total. The van der Waals surface area contributed by atoms with Gasteiger partial charge in [0.25, 0.3) is 5.35 Å². The summed E-state index contributed by atoms with van der Waals surface area (Å²) in [6.07, 6.45) is 0.474. The van der Waals surface area contributed by atoms with Crippen molar-refractivity contribution in [3.8, 4) is 0 Å². The molecule has 0 fully saturated rings. The fraction of sp³-hybridized carbons (Fsp3) is 0.333. The molecular formula is C6H6ClNO3. The summed E-state index contributed by atoms with van der Waals surface area (Å²) in [5, 5.41) is 8.40. The Bertz CT molecular complexity index is 281. The van der Waals surface area contributed by atoms with E-state index in [1.807, 2.05) is 0 Å². The van der Waals surface area contributed by atoms with Crippen LogP contribution in [-0.2, 0) is 6.42 Å². The lowest BCUT2D eigenvalue weighted by Gasteiger charge is -1.87. The highest BCUT2D eigenvalue weighted by molar-refractivity contribution is 6.27. The van der Waals surface area contributed by atoms with Gasteiger partial charge in [-0.1, -0.05) is 6.92 Å². The number of hydrogen-bond acceptors (Lipinski definition) is 3. The van der Waals surface area contributed by atoms with E-state index in [-0.39, 0.29) is 11.0 Å². The van der Waals surface area contributed by atoms with Gasteiger partial charge in [-0.05, 0) is 11.6 Å². The van der Waals surface area contributed by atoms with Crippen LogP contribution in [0.4, 0.5) is 0 Å². The maximum Gasteiger partial charge on any atom is 0.358 e. The molecule has 0 aliphatic heterocycles. The van der Waals surface area contributed by atoms with Crippen molar-refractivity contribution in [2.45, 2.75) is 13.3 Å². The normalized spacial score (nSPS) is 10.0. The molecule has 5 heteroatoms.